The van der Waals surface area contributed by atoms with Crippen LogP contribution in [0.5, 0.6) is 0 Å². The Morgan fingerprint density at radius 1 is 1.46 bits per heavy atom. The van der Waals surface area contributed by atoms with Crippen LogP contribution >= 0.6 is 0 Å². The van der Waals surface area contributed by atoms with E-state index < -0.39 is 0 Å². The van der Waals surface area contributed by atoms with Gasteiger partial charge in [-0.25, -0.2) is 0 Å². The van der Waals surface area contributed by atoms with Crippen molar-refractivity contribution in [2.75, 3.05) is 0 Å². The van der Waals surface area contributed by atoms with Gasteiger partial charge in [-0.1, -0.05) is 13.8 Å². The van der Waals surface area contributed by atoms with Crippen LogP contribution in [0.3, 0.4) is 0 Å². The van der Waals surface area contributed by atoms with Crippen LogP contribution in [0.4, 0.5) is 0 Å². The fourth-order valence-electron chi connectivity index (χ4n) is 1.58. The molecule has 1 fully saturated rings. The van der Waals surface area contributed by atoms with Gasteiger partial charge in [-0.2, -0.15) is 0 Å². The lowest BCUT2D eigenvalue weighted by atomic mass is 10.0. The van der Waals surface area contributed by atoms with E-state index in [1.54, 1.807) is 6.07 Å². The first-order chi connectivity index (χ1) is 6.18. The predicted octanol–water partition coefficient (Wildman–Crippen LogP) is 2.38. The third-order valence-electron chi connectivity index (χ3n) is 2.60. The van der Waals surface area contributed by atoms with Crippen molar-refractivity contribution in [3.63, 3.8) is 0 Å². The standard InChI is InChI=1S/C11H15NO/c1-7(2)9-6-12-10(5-11(9)13)8-3-4-8/h5-8H,3-4H2,1-2H3,(H,12,13). The largest absolute Gasteiger partial charge is 0.364 e. The Hall–Kier alpha value is -1.05. The fraction of sp³-hybridized carbons (Fsp3) is 0.545. The second-order valence-electron chi connectivity index (χ2n) is 4.14. The van der Waals surface area contributed by atoms with E-state index in [4.69, 9.17) is 0 Å². The number of H-pyrrole nitrogens is 1. The van der Waals surface area contributed by atoms with Crippen molar-refractivity contribution in [1.29, 1.82) is 0 Å². The molecule has 0 radical (unpaired) electrons. The summed E-state index contributed by atoms with van der Waals surface area (Å²) in [4.78, 5) is 14.8. The van der Waals surface area contributed by atoms with Crippen LogP contribution in [-0.4, -0.2) is 4.98 Å². The molecular weight excluding hydrogens is 162 g/mol. The lowest BCUT2D eigenvalue weighted by molar-refractivity contribution is 0.839. The Morgan fingerprint density at radius 2 is 2.15 bits per heavy atom. The van der Waals surface area contributed by atoms with E-state index in [1.165, 1.54) is 12.8 Å². The van der Waals surface area contributed by atoms with Gasteiger partial charge in [0.2, 0.25) is 0 Å². The summed E-state index contributed by atoms with van der Waals surface area (Å²) >= 11 is 0. The Labute approximate surface area is 78.0 Å². The maximum Gasteiger partial charge on any atom is 0.185 e. The third kappa shape index (κ3) is 1.67. The average Bonchev–Trinajstić information content (AvgIpc) is 2.85. The normalized spacial score (nSPS) is 16.5. The quantitative estimate of drug-likeness (QED) is 0.739. The van der Waals surface area contributed by atoms with Crippen molar-refractivity contribution in [2.24, 2.45) is 0 Å². The second-order valence-corrected chi connectivity index (χ2v) is 4.14. The van der Waals surface area contributed by atoms with Crippen LogP contribution in [0, 0.1) is 0 Å². The molecular formula is C11H15NO. The van der Waals surface area contributed by atoms with Gasteiger partial charge in [0.25, 0.3) is 0 Å². The summed E-state index contributed by atoms with van der Waals surface area (Å²) in [6.45, 7) is 4.09. The van der Waals surface area contributed by atoms with E-state index in [0.29, 0.717) is 11.8 Å². The van der Waals surface area contributed by atoms with Crippen LogP contribution in [0.1, 0.15) is 49.8 Å². The SMILES string of the molecule is CC(C)c1c[nH]c(C2CC2)cc1=O. The highest BCUT2D eigenvalue weighted by Crippen LogP contribution is 2.38. The van der Waals surface area contributed by atoms with Crippen molar-refractivity contribution < 1.29 is 0 Å². The minimum atomic E-state index is 0.190. The molecule has 1 heterocycles. The Morgan fingerprint density at radius 3 is 2.62 bits per heavy atom. The van der Waals surface area contributed by atoms with Crippen LogP contribution in [0.2, 0.25) is 0 Å². The molecule has 2 nitrogen and oxygen atoms in total. The highest BCUT2D eigenvalue weighted by molar-refractivity contribution is 5.21. The highest BCUT2D eigenvalue weighted by Gasteiger charge is 2.24. The smallest absolute Gasteiger partial charge is 0.185 e. The molecule has 0 bridgehead atoms. The van der Waals surface area contributed by atoms with Gasteiger partial charge in [-0.05, 0) is 24.7 Å². The summed E-state index contributed by atoms with van der Waals surface area (Å²) in [5, 5.41) is 0. The van der Waals surface area contributed by atoms with E-state index in [9.17, 15) is 4.79 Å². The number of nitrogens with one attached hydrogen (secondary N) is 1. The molecule has 1 aromatic heterocycles. The number of pyridine rings is 1. The summed E-state index contributed by atoms with van der Waals surface area (Å²) in [6, 6.07) is 1.77. The minimum absolute atomic E-state index is 0.190. The van der Waals surface area contributed by atoms with Crippen LogP contribution in [0.25, 0.3) is 0 Å². The summed E-state index contributed by atoms with van der Waals surface area (Å²) in [6.07, 6.45) is 4.34. The monoisotopic (exact) mass is 177 g/mol. The molecule has 2 rings (SSSR count). The molecule has 0 spiro atoms. The molecule has 0 aliphatic heterocycles. The summed E-state index contributed by atoms with van der Waals surface area (Å²) < 4.78 is 0. The maximum absolute atomic E-state index is 11.6. The topological polar surface area (TPSA) is 32.9 Å². The molecule has 1 saturated carbocycles. The minimum Gasteiger partial charge on any atom is -0.364 e. The lowest BCUT2D eigenvalue weighted by Gasteiger charge is -2.05. The van der Waals surface area contributed by atoms with E-state index >= 15 is 0 Å². The molecule has 1 N–H and O–H groups in total. The summed E-state index contributed by atoms with van der Waals surface area (Å²) in [7, 11) is 0. The molecule has 2 heteroatoms. The van der Waals surface area contributed by atoms with Gasteiger partial charge in [-0.15, -0.1) is 0 Å². The highest BCUT2D eigenvalue weighted by atomic mass is 16.1. The Kier molecular flexibility index (Phi) is 1.98. The van der Waals surface area contributed by atoms with E-state index in [2.05, 4.69) is 4.98 Å². The molecule has 0 aromatic carbocycles. The molecule has 0 atom stereocenters. The lowest BCUT2D eigenvalue weighted by Crippen LogP contribution is -2.11. The Balaban J connectivity index is 2.37. The molecule has 70 valence electrons. The van der Waals surface area contributed by atoms with E-state index in [0.717, 1.165) is 11.3 Å². The van der Waals surface area contributed by atoms with Crippen molar-refractivity contribution in [3.05, 3.63) is 33.7 Å². The van der Waals surface area contributed by atoms with E-state index in [1.807, 2.05) is 20.0 Å². The summed E-state index contributed by atoms with van der Waals surface area (Å²) in [5.74, 6) is 0.950. The van der Waals surface area contributed by atoms with Gasteiger partial charge >= 0.3 is 0 Å². The van der Waals surface area contributed by atoms with Gasteiger partial charge < -0.3 is 4.98 Å². The molecule has 13 heavy (non-hydrogen) atoms. The van der Waals surface area contributed by atoms with Crippen molar-refractivity contribution in [2.45, 2.75) is 38.5 Å². The van der Waals surface area contributed by atoms with Gasteiger partial charge in [0.1, 0.15) is 0 Å². The zero-order valence-corrected chi connectivity index (χ0v) is 8.13. The average molecular weight is 177 g/mol. The molecule has 0 unspecified atom stereocenters. The number of aromatic amines is 1. The number of aromatic nitrogens is 1. The van der Waals surface area contributed by atoms with Crippen LogP contribution in [0.15, 0.2) is 17.1 Å². The molecule has 0 saturated heterocycles. The Bertz CT molecular complexity index is 361. The molecule has 1 aliphatic rings. The van der Waals surface area contributed by atoms with Crippen molar-refractivity contribution in [3.8, 4) is 0 Å². The van der Waals surface area contributed by atoms with Crippen LogP contribution in [-0.2, 0) is 0 Å². The number of hydrogen-bond donors (Lipinski definition) is 1. The van der Waals surface area contributed by atoms with Gasteiger partial charge in [0, 0.05) is 23.5 Å². The van der Waals surface area contributed by atoms with E-state index in [-0.39, 0.29) is 5.43 Å². The zero-order chi connectivity index (χ0) is 9.42. The zero-order valence-electron chi connectivity index (χ0n) is 8.13. The van der Waals surface area contributed by atoms with Crippen molar-refractivity contribution in [1.82, 2.24) is 4.98 Å². The first-order valence-corrected chi connectivity index (χ1v) is 4.91. The van der Waals surface area contributed by atoms with Gasteiger partial charge in [-0.3, -0.25) is 4.79 Å². The third-order valence-corrected chi connectivity index (χ3v) is 2.60. The van der Waals surface area contributed by atoms with Gasteiger partial charge in [0.05, 0.1) is 0 Å². The number of hydrogen-bond acceptors (Lipinski definition) is 1. The van der Waals surface area contributed by atoms with Crippen molar-refractivity contribution >= 4 is 0 Å². The second kappa shape index (κ2) is 3.02. The van der Waals surface area contributed by atoms with Crippen LogP contribution < -0.4 is 5.43 Å². The van der Waals surface area contributed by atoms with Gasteiger partial charge in [0.15, 0.2) is 5.43 Å². The number of rotatable bonds is 2. The molecule has 1 aliphatic carbocycles. The molecule has 1 aromatic rings. The maximum atomic E-state index is 11.6. The predicted molar refractivity (Wildman–Crippen MR) is 53.1 cm³/mol. The first-order valence-electron chi connectivity index (χ1n) is 4.91. The first kappa shape index (κ1) is 8.54. The molecule has 0 amide bonds. The fourth-order valence-corrected chi connectivity index (χ4v) is 1.58. The summed E-state index contributed by atoms with van der Waals surface area (Å²) in [5.41, 5.74) is 2.20.